The number of hydrogen-bond acceptors (Lipinski definition) is 4. The van der Waals surface area contributed by atoms with Crippen molar-refractivity contribution < 1.29 is 4.79 Å². The largest absolute Gasteiger partial charge is 0.346 e. The van der Waals surface area contributed by atoms with Gasteiger partial charge in [-0.25, -0.2) is 4.68 Å². The summed E-state index contributed by atoms with van der Waals surface area (Å²) in [7, 11) is 0. The number of nitrogens with zero attached hydrogens (tertiary/aromatic N) is 2. The third kappa shape index (κ3) is 3.91. The number of benzene rings is 1. The van der Waals surface area contributed by atoms with Crippen LogP contribution < -0.4 is 10.9 Å². The Hall–Kier alpha value is -2.18. The van der Waals surface area contributed by atoms with E-state index >= 15 is 0 Å². The topological polar surface area (TPSA) is 64.0 Å². The molecule has 0 spiro atoms. The first-order valence-electron chi connectivity index (χ1n) is 7.98. The van der Waals surface area contributed by atoms with Gasteiger partial charge in [-0.3, -0.25) is 9.59 Å². The summed E-state index contributed by atoms with van der Waals surface area (Å²) in [6.07, 6.45) is 0. The zero-order valence-electron chi connectivity index (χ0n) is 14.0. The van der Waals surface area contributed by atoms with Crippen LogP contribution in [-0.4, -0.2) is 15.7 Å². The molecule has 0 aliphatic carbocycles. The zero-order valence-corrected chi connectivity index (χ0v) is 15.5. The Kier molecular flexibility index (Phi) is 5.20. The molecule has 2 heterocycles. The van der Waals surface area contributed by atoms with Gasteiger partial charge in [0, 0.05) is 16.8 Å². The summed E-state index contributed by atoms with van der Waals surface area (Å²) in [4.78, 5) is 26.2. The molecular formula is C18H18ClN3O2S. The fourth-order valence-electron chi connectivity index (χ4n) is 2.57. The Balaban J connectivity index is 1.97. The van der Waals surface area contributed by atoms with E-state index in [1.54, 1.807) is 30.3 Å². The van der Waals surface area contributed by atoms with Crippen molar-refractivity contribution in [2.45, 2.75) is 26.9 Å². The van der Waals surface area contributed by atoms with Crippen LogP contribution in [0, 0.1) is 5.92 Å². The van der Waals surface area contributed by atoms with E-state index in [-0.39, 0.29) is 23.1 Å². The fourth-order valence-corrected chi connectivity index (χ4v) is 3.60. The van der Waals surface area contributed by atoms with E-state index in [4.69, 9.17) is 11.6 Å². The normalized spacial score (nSPS) is 11.2. The van der Waals surface area contributed by atoms with Crippen molar-refractivity contribution in [3.8, 4) is 0 Å². The number of carbonyl (C=O) groups is 1. The fraction of sp³-hybridized carbons (Fsp3) is 0.278. The van der Waals surface area contributed by atoms with E-state index in [9.17, 15) is 9.59 Å². The van der Waals surface area contributed by atoms with Gasteiger partial charge in [0.15, 0.2) is 5.69 Å². The van der Waals surface area contributed by atoms with Crippen molar-refractivity contribution in [1.82, 2.24) is 15.1 Å². The van der Waals surface area contributed by atoms with E-state index in [2.05, 4.69) is 10.4 Å². The maximum absolute atomic E-state index is 12.7. The van der Waals surface area contributed by atoms with E-state index < -0.39 is 0 Å². The first kappa shape index (κ1) is 17.6. The molecule has 5 nitrogen and oxygen atoms in total. The SMILES string of the molecule is CC(C)Cn1nc(C(=O)NCc2ccc(Cl)s2)c2ccccc2c1=O. The molecule has 3 rings (SSSR count). The van der Waals surface area contributed by atoms with Crippen molar-refractivity contribution in [1.29, 1.82) is 0 Å². The Labute approximate surface area is 154 Å². The Bertz CT molecular complexity index is 978. The Morgan fingerprint density at radius 2 is 1.96 bits per heavy atom. The van der Waals surface area contributed by atoms with Crippen molar-refractivity contribution in [2.24, 2.45) is 5.92 Å². The molecule has 0 atom stereocenters. The molecule has 7 heteroatoms. The number of amides is 1. The first-order valence-corrected chi connectivity index (χ1v) is 9.17. The van der Waals surface area contributed by atoms with Crippen LogP contribution in [-0.2, 0) is 13.1 Å². The summed E-state index contributed by atoms with van der Waals surface area (Å²) in [5.41, 5.74) is 0.0874. The monoisotopic (exact) mass is 375 g/mol. The van der Waals surface area contributed by atoms with Crippen LogP contribution in [0.25, 0.3) is 10.8 Å². The number of fused-ring (bicyclic) bond motifs is 1. The smallest absolute Gasteiger partial charge is 0.274 e. The summed E-state index contributed by atoms with van der Waals surface area (Å²) >= 11 is 7.33. The van der Waals surface area contributed by atoms with Crippen LogP contribution in [0.2, 0.25) is 4.34 Å². The minimum absolute atomic E-state index is 0.175. The number of thiophene rings is 1. The second-order valence-corrected chi connectivity index (χ2v) is 7.96. The summed E-state index contributed by atoms with van der Waals surface area (Å²) in [5, 5.41) is 8.25. The van der Waals surface area contributed by atoms with E-state index in [0.29, 0.717) is 28.2 Å². The van der Waals surface area contributed by atoms with Gasteiger partial charge in [0.2, 0.25) is 0 Å². The molecule has 1 aromatic carbocycles. The van der Waals surface area contributed by atoms with Crippen LogP contribution in [0.15, 0.2) is 41.2 Å². The maximum Gasteiger partial charge on any atom is 0.274 e. The standard InChI is InChI=1S/C18H18ClN3O2S/c1-11(2)10-22-18(24)14-6-4-3-5-13(14)16(21-22)17(23)20-9-12-7-8-15(19)25-12/h3-8,11H,9-10H2,1-2H3,(H,20,23). The molecule has 2 aromatic heterocycles. The van der Waals surface area contributed by atoms with Gasteiger partial charge in [-0.1, -0.05) is 43.6 Å². The van der Waals surface area contributed by atoms with E-state index in [1.807, 2.05) is 19.9 Å². The molecule has 0 aliphatic rings. The highest BCUT2D eigenvalue weighted by atomic mass is 35.5. The maximum atomic E-state index is 12.7. The highest BCUT2D eigenvalue weighted by Crippen LogP contribution is 2.21. The number of aromatic nitrogens is 2. The molecule has 0 fully saturated rings. The minimum Gasteiger partial charge on any atom is -0.346 e. The van der Waals surface area contributed by atoms with Gasteiger partial charge in [0.25, 0.3) is 11.5 Å². The summed E-state index contributed by atoms with van der Waals surface area (Å²) in [5.74, 6) is -0.0613. The summed E-state index contributed by atoms with van der Waals surface area (Å²) in [6, 6.07) is 10.7. The minimum atomic E-state index is -0.307. The number of halogens is 1. The van der Waals surface area contributed by atoms with Crippen LogP contribution in [0.4, 0.5) is 0 Å². The highest BCUT2D eigenvalue weighted by Gasteiger charge is 2.17. The van der Waals surface area contributed by atoms with Crippen LogP contribution >= 0.6 is 22.9 Å². The number of nitrogens with one attached hydrogen (secondary N) is 1. The van der Waals surface area contributed by atoms with Gasteiger partial charge in [0.05, 0.1) is 16.3 Å². The number of carbonyl (C=O) groups excluding carboxylic acids is 1. The molecule has 25 heavy (non-hydrogen) atoms. The molecule has 130 valence electrons. The number of hydrogen-bond donors (Lipinski definition) is 1. The highest BCUT2D eigenvalue weighted by molar-refractivity contribution is 7.16. The summed E-state index contributed by atoms with van der Waals surface area (Å²) in [6.45, 7) is 4.84. The predicted octanol–water partition coefficient (Wildman–Crippen LogP) is 3.70. The van der Waals surface area contributed by atoms with Gasteiger partial charge >= 0.3 is 0 Å². The molecule has 0 saturated carbocycles. The van der Waals surface area contributed by atoms with E-state index in [1.165, 1.54) is 16.0 Å². The lowest BCUT2D eigenvalue weighted by atomic mass is 10.1. The predicted molar refractivity (Wildman–Crippen MR) is 101 cm³/mol. The van der Waals surface area contributed by atoms with Gasteiger partial charge in [0.1, 0.15) is 0 Å². The van der Waals surface area contributed by atoms with Gasteiger partial charge in [-0.05, 0) is 24.1 Å². The Morgan fingerprint density at radius 1 is 1.24 bits per heavy atom. The number of rotatable bonds is 5. The molecular weight excluding hydrogens is 358 g/mol. The van der Waals surface area contributed by atoms with Crippen LogP contribution in [0.5, 0.6) is 0 Å². The average Bonchev–Trinajstić information content (AvgIpc) is 3.00. The molecule has 1 amide bonds. The van der Waals surface area contributed by atoms with Gasteiger partial charge in [-0.15, -0.1) is 11.3 Å². The van der Waals surface area contributed by atoms with Crippen LogP contribution in [0.3, 0.4) is 0 Å². The van der Waals surface area contributed by atoms with Gasteiger partial charge < -0.3 is 5.32 Å². The van der Waals surface area contributed by atoms with E-state index in [0.717, 1.165) is 4.88 Å². The second kappa shape index (κ2) is 7.37. The molecule has 3 aromatic rings. The lowest BCUT2D eigenvalue weighted by molar-refractivity contribution is 0.0945. The third-order valence-corrected chi connectivity index (χ3v) is 4.90. The molecule has 0 aliphatic heterocycles. The summed E-state index contributed by atoms with van der Waals surface area (Å²) < 4.78 is 2.06. The molecule has 0 saturated heterocycles. The molecule has 0 radical (unpaired) electrons. The average molecular weight is 376 g/mol. The quantitative estimate of drug-likeness (QED) is 0.739. The van der Waals surface area contributed by atoms with Crippen LogP contribution in [0.1, 0.15) is 29.2 Å². The second-order valence-electron chi connectivity index (χ2n) is 6.16. The van der Waals surface area contributed by atoms with Crippen molar-refractivity contribution in [3.63, 3.8) is 0 Å². The molecule has 1 N–H and O–H groups in total. The van der Waals surface area contributed by atoms with Crippen molar-refractivity contribution in [2.75, 3.05) is 0 Å². The molecule has 0 bridgehead atoms. The Morgan fingerprint density at radius 3 is 2.60 bits per heavy atom. The molecule has 0 unspecified atom stereocenters. The lowest BCUT2D eigenvalue weighted by Gasteiger charge is -2.12. The van der Waals surface area contributed by atoms with Crippen molar-refractivity contribution >= 4 is 39.6 Å². The first-order chi connectivity index (χ1) is 12.0. The third-order valence-electron chi connectivity index (χ3n) is 3.67. The zero-order chi connectivity index (χ0) is 18.0. The van der Waals surface area contributed by atoms with Crippen molar-refractivity contribution in [3.05, 3.63) is 61.7 Å². The van der Waals surface area contributed by atoms with Gasteiger partial charge in [-0.2, -0.15) is 5.10 Å². The lowest BCUT2D eigenvalue weighted by Crippen LogP contribution is -2.31.